The predicted octanol–water partition coefficient (Wildman–Crippen LogP) is 4.36. The van der Waals surface area contributed by atoms with Gasteiger partial charge in [-0.05, 0) is 36.2 Å². The number of anilines is 1. The number of rotatable bonds is 4. The van der Waals surface area contributed by atoms with Gasteiger partial charge in [0.15, 0.2) is 0 Å². The lowest BCUT2D eigenvalue weighted by molar-refractivity contribution is 0.252. The first kappa shape index (κ1) is 14.7. The zero-order chi connectivity index (χ0) is 14.4. The summed E-state index contributed by atoms with van der Waals surface area (Å²) in [7, 11) is 0. The number of benzene rings is 2. The summed E-state index contributed by atoms with van der Waals surface area (Å²) in [6, 6.07) is 14.4. The summed E-state index contributed by atoms with van der Waals surface area (Å²) in [6.07, 6.45) is 0.651. The van der Waals surface area contributed by atoms with Crippen molar-refractivity contribution in [1.29, 1.82) is 0 Å². The minimum Gasteiger partial charge on any atom is -0.338 e. The van der Waals surface area contributed by atoms with Gasteiger partial charge in [-0.3, -0.25) is 0 Å². The highest BCUT2D eigenvalue weighted by Crippen LogP contribution is 2.21. The molecule has 0 saturated carbocycles. The monoisotopic (exact) mass is 308 g/mol. The first-order valence-corrected chi connectivity index (χ1v) is 6.94. The third-order valence-electron chi connectivity index (χ3n) is 2.73. The smallest absolute Gasteiger partial charge is 0.319 e. The molecule has 0 aliphatic rings. The van der Waals surface area contributed by atoms with E-state index in [4.69, 9.17) is 23.2 Å². The molecule has 0 radical (unpaired) electrons. The Labute approximate surface area is 127 Å². The largest absolute Gasteiger partial charge is 0.338 e. The van der Waals surface area contributed by atoms with Crippen LogP contribution in [0.25, 0.3) is 0 Å². The van der Waals surface area contributed by atoms with Gasteiger partial charge < -0.3 is 10.6 Å². The second-order valence-electron chi connectivity index (χ2n) is 4.23. The third kappa shape index (κ3) is 4.44. The molecule has 2 aromatic carbocycles. The number of carbonyl (C=O) groups is 1. The normalized spacial score (nSPS) is 10.1. The van der Waals surface area contributed by atoms with Crippen LogP contribution in [0.3, 0.4) is 0 Å². The Hall–Kier alpha value is -1.71. The quantitative estimate of drug-likeness (QED) is 0.866. The minimum absolute atomic E-state index is 0.235. The molecule has 0 aliphatic carbocycles. The van der Waals surface area contributed by atoms with E-state index in [9.17, 15) is 4.79 Å². The van der Waals surface area contributed by atoms with E-state index in [2.05, 4.69) is 10.6 Å². The zero-order valence-electron chi connectivity index (χ0n) is 10.7. The second-order valence-corrected chi connectivity index (χ2v) is 5.08. The molecule has 0 unspecified atom stereocenters. The van der Waals surface area contributed by atoms with Crippen LogP contribution in [0.5, 0.6) is 0 Å². The summed E-state index contributed by atoms with van der Waals surface area (Å²) in [5, 5.41) is 6.75. The molecule has 2 rings (SSSR count). The summed E-state index contributed by atoms with van der Waals surface area (Å²) in [5.74, 6) is 0. The summed E-state index contributed by atoms with van der Waals surface area (Å²) >= 11 is 11.9. The van der Waals surface area contributed by atoms with Gasteiger partial charge in [-0.25, -0.2) is 4.79 Å². The average molecular weight is 309 g/mol. The molecule has 3 nitrogen and oxygen atoms in total. The molecule has 0 atom stereocenters. The van der Waals surface area contributed by atoms with E-state index in [0.29, 0.717) is 23.0 Å². The summed E-state index contributed by atoms with van der Waals surface area (Å²) in [6.45, 7) is 0.500. The van der Waals surface area contributed by atoms with Gasteiger partial charge in [0.1, 0.15) is 0 Å². The summed E-state index contributed by atoms with van der Waals surface area (Å²) in [4.78, 5) is 11.7. The number of halogens is 2. The Balaban J connectivity index is 1.79. The van der Waals surface area contributed by atoms with Gasteiger partial charge in [-0.2, -0.15) is 0 Å². The van der Waals surface area contributed by atoms with Crippen molar-refractivity contribution in [1.82, 2.24) is 5.32 Å². The Morgan fingerprint density at radius 1 is 1.05 bits per heavy atom. The average Bonchev–Trinajstić information content (AvgIpc) is 2.42. The highest BCUT2D eigenvalue weighted by atomic mass is 35.5. The van der Waals surface area contributed by atoms with Crippen molar-refractivity contribution in [2.75, 3.05) is 11.9 Å². The molecule has 0 aliphatic heterocycles. The van der Waals surface area contributed by atoms with E-state index in [1.165, 1.54) is 0 Å². The number of hydrogen-bond donors (Lipinski definition) is 2. The van der Waals surface area contributed by atoms with E-state index in [1.54, 1.807) is 12.1 Å². The fourth-order valence-corrected chi connectivity index (χ4v) is 2.23. The Kier molecular flexibility index (Phi) is 5.27. The van der Waals surface area contributed by atoms with Crippen molar-refractivity contribution in [2.45, 2.75) is 6.42 Å². The predicted molar refractivity (Wildman–Crippen MR) is 83.6 cm³/mol. The molecule has 0 aromatic heterocycles. The van der Waals surface area contributed by atoms with Gasteiger partial charge in [-0.15, -0.1) is 0 Å². The lowest BCUT2D eigenvalue weighted by Crippen LogP contribution is -2.30. The molecule has 2 aromatic rings. The van der Waals surface area contributed by atoms with E-state index >= 15 is 0 Å². The van der Waals surface area contributed by atoms with Gasteiger partial charge in [-0.1, -0.05) is 47.5 Å². The van der Waals surface area contributed by atoms with E-state index < -0.39 is 0 Å². The highest BCUT2D eigenvalue weighted by molar-refractivity contribution is 6.35. The van der Waals surface area contributed by atoms with Gasteiger partial charge in [0.25, 0.3) is 0 Å². The Morgan fingerprint density at radius 2 is 1.80 bits per heavy atom. The SMILES string of the molecule is O=C(NCCc1ccc(Cl)cc1Cl)Nc1ccccc1. The number of carbonyl (C=O) groups excluding carboxylic acids is 1. The lowest BCUT2D eigenvalue weighted by atomic mass is 10.1. The van der Waals surface area contributed by atoms with Crippen LogP contribution in [0.4, 0.5) is 10.5 Å². The molecule has 0 spiro atoms. The van der Waals surface area contributed by atoms with Crippen molar-refractivity contribution in [3.63, 3.8) is 0 Å². The number of hydrogen-bond acceptors (Lipinski definition) is 1. The molecular weight excluding hydrogens is 295 g/mol. The molecule has 0 heterocycles. The van der Waals surface area contributed by atoms with Gasteiger partial charge in [0.2, 0.25) is 0 Å². The van der Waals surface area contributed by atoms with Crippen LogP contribution in [0, 0.1) is 0 Å². The van der Waals surface area contributed by atoms with Crippen molar-refractivity contribution in [3.05, 3.63) is 64.1 Å². The van der Waals surface area contributed by atoms with Crippen molar-refractivity contribution < 1.29 is 4.79 Å². The topological polar surface area (TPSA) is 41.1 Å². The maximum Gasteiger partial charge on any atom is 0.319 e. The number of amides is 2. The molecule has 104 valence electrons. The molecule has 2 amide bonds. The third-order valence-corrected chi connectivity index (χ3v) is 3.31. The lowest BCUT2D eigenvalue weighted by Gasteiger charge is -2.08. The van der Waals surface area contributed by atoms with Crippen molar-refractivity contribution in [3.8, 4) is 0 Å². The second kappa shape index (κ2) is 7.17. The minimum atomic E-state index is -0.235. The van der Waals surface area contributed by atoms with Gasteiger partial charge in [0.05, 0.1) is 0 Å². The number of urea groups is 1. The number of para-hydroxylation sites is 1. The van der Waals surface area contributed by atoms with Crippen LogP contribution in [-0.4, -0.2) is 12.6 Å². The molecule has 2 N–H and O–H groups in total. The highest BCUT2D eigenvalue weighted by Gasteiger charge is 2.03. The summed E-state index contributed by atoms with van der Waals surface area (Å²) in [5.41, 5.74) is 1.71. The van der Waals surface area contributed by atoms with Crippen LogP contribution >= 0.6 is 23.2 Å². The van der Waals surface area contributed by atoms with Crippen molar-refractivity contribution in [2.24, 2.45) is 0 Å². The van der Waals surface area contributed by atoms with Crippen LogP contribution in [0.15, 0.2) is 48.5 Å². The molecular formula is C15H14Cl2N2O. The first-order chi connectivity index (χ1) is 9.65. The fourth-order valence-electron chi connectivity index (χ4n) is 1.73. The maximum atomic E-state index is 11.7. The summed E-state index contributed by atoms with van der Waals surface area (Å²) < 4.78 is 0. The van der Waals surface area contributed by atoms with E-state index in [0.717, 1.165) is 11.3 Å². The molecule has 0 saturated heterocycles. The number of nitrogens with one attached hydrogen (secondary N) is 2. The van der Waals surface area contributed by atoms with Gasteiger partial charge in [0, 0.05) is 22.3 Å². The van der Waals surface area contributed by atoms with Gasteiger partial charge >= 0.3 is 6.03 Å². The zero-order valence-corrected chi connectivity index (χ0v) is 12.2. The van der Waals surface area contributed by atoms with Crippen LogP contribution in [-0.2, 0) is 6.42 Å². The maximum absolute atomic E-state index is 11.7. The van der Waals surface area contributed by atoms with Crippen LogP contribution < -0.4 is 10.6 Å². The van der Waals surface area contributed by atoms with Crippen LogP contribution in [0.2, 0.25) is 10.0 Å². The van der Waals surface area contributed by atoms with Crippen LogP contribution in [0.1, 0.15) is 5.56 Å². The molecule has 20 heavy (non-hydrogen) atoms. The van der Waals surface area contributed by atoms with E-state index in [1.807, 2.05) is 36.4 Å². The van der Waals surface area contributed by atoms with Crippen molar-refractivity contribution >= 4 is 34.9 Å². The molecule has 0 bridgehead atoms. The fraction of sp³-hybridized carbons (Fsp3) is 0.133. The standard InChI is InChI=1S/C15H14Cl2N2O/c16-12-7-6-11(14(17)10-12)8-9-18-15(20)19-13-4-2-1-3-5-13/h1-7,10H,8-9H2,(H2,18,19,20). The van der Waals surface area contributed by atoms with E-state index in [-0.39, 0.29) is 6.03 Å². The molecule has 5 heteroatoms. The first-order valence-electron chi connectivity index (χ1n) is 6.19. The Bertz CT molecular complexity index is 588. The Morgan fingerprint density at radius 3 is 2.50 bits per heavy atom. The molecule has 0 fully saturated rings.